The van der Waals surface area contributed by atoms with Gasteiger partial charge in [-0.3, -0.25) is 19.2 Å². The molecule has 240 valence electrons. The lowest BCUT2D eigenvalue weighted by molar-refractivity contribution is -0.138. The van der Waals surface area contributed by atoms with Crippen molar-refractivity contribution in [1.82, 2.24) is 19.6 Å². The number of alkyl halides is 3. The summed E-state index contributed by atoms with van der Waals surface area (Å²) in [5.41, 5.74) is -0.232. The number of amides is 3. The first-order chi connectivity index (χ1) is 21.1. The number of piperidine rings is 1. The summed E-state index contributed by atoms with van der Waals surface area (Å²) in [6.07, 6.45) is -1.82. The lowest BCUT2D eigenvalue weighted by Gasteiger charge is -2.35. The van der Waals surface area contributed by atoms with Crippen LogP contribution in [0.1, 0.15) is 50.3 Å². The fraction of sp³-hybridized carbons (Fsp3) is 0.419. The molecule has 1 N–H and O–H groups in total. The fourth-order valence-corrected chi connectivity index (χ4v) is 6.39. The largest absolute Gasteiger partial charge is 0.444 e. The summed E-state index contributed by atoms with van der Waals surface area (Å²) in [7, 11) is 0. The summed E-state index contributed by atoms with van der Waals surface area (Å²) in [5, 5.41) is 15.3. The number of hydrogen-bond acceptors (Lipinski definition) is 7. The van der Waals surface area contributed by atoms with Gasteiger partial charge in [-0.15, -0.1) is 0 Å². The van der Waals surface area contributed by atoms with Crippen LogP contribution in [0, 0.1) is 5.92 Å². The number of aromatic nitrogens is 2. The Labute approximate surface area is 266 Å². The number of fused-ring (bicyclic) bond motifs is 1. The fourth-order valence-electron chi connectivity index (χ4n) is 5.37. The van der Waals surface area contributed by atoms with Gasteiger partial charge in [0.05, 0.1) is 41.4 Å². The summed E-state index contributed by atoms with van der Waals surface area (Å²) in [6.45, 7) is 5.90. The first-order valence-electron chi connectivity index (χ1n) is 14.3. The summed E-state index contributed by atoms with van der Waals surface area (Å²) < 4.78 is 47.6. The van der Waals surface area contributed by atoms with Crippen molar-refractivity contribution in [3.63, 3.8) is 0 Å². The standard InChI is InChI=1S/C31H32ClF3N4O5S/c1-30(2,3)44-28(42)37-10-8-19(9-11-37)25(40)17-38-27(41)26(45-29(38)43)13-18-4-7-24-21(12-18)15-36-39(24)16-20-5-6-22(32)14-23(20)31(33,34)35/h4-7,12-15,19,25,40H,8-11,16-17H2,1-3H3. The molecule has 3 aromatic rings. The van der Waals surface area contributed by atoms with Crippen molar-refractivity contribution in [1.29, 1.82) is 0 Å². The molecule has 2 saturated heterocycles. The van der Waals surface area contributed by atoms with Gasteiger partial charge in [-0.05, 0) is 92.8 Å². The van der Waals surface area contributed by atoms with Crippen LogP contribution < -0.4 is 0 Å². The van der Waals surface area contributed by atoms with Crippen LogP contribution in [-0.4, -0.2) is 73.3 Å². The number of imide groups is 1. The van der Waals surface area contributed by atoms with E-state index in [-0.39, 0.29) is 34.5 Å². The number of carbonyl (C=O) groups excluding carboxylic acids is 3. The zero-order valence-electron chi connectivity index (χ0n) is 24.8. The molecule has 1 unspecified atom stereocenters. The molecule has 2 aliphatic heterocycles. The molecular weight excluding hydrogens is 633 g/mol. The summed E-state index contributed by atoms with van der Waals surface area (Å²) in [4.78, 5) is 41.0. The highest BCUT2D eigenvalue weighted by atomic mass is 35.5. The zero-order valence-corrected chi connectivity index (χ0v) is 26.4. The van der Waals surface area contributed by atoms with Crippen molar-refractivity contribution in [2.75, 3.05) is 19.6 Å². The molecule has 0 saturated carbocycles. The lowest BCUT2D eigenvalue weighted by Crippen LogP contribution is -2.46. The molecule has 2 fully saturated rings. The number of likely N-dealkylation sites (tertiary alicyclic amines) is 1. The minimum absolute atomic E-state index is 0.0133. The van der Waals surface area contributed by atoms with E-state index in [1.807, 2.05) is 0 Å². The maximum absolute atomic E-state index is 13.6. The Hall–Kier alpha value is -3.55. The van der Waals surface area contributed by atoms with Crippen molar-refractivity contribution in [2.45, 2.75) is 58.0 Å². The van der Waals surface area contributed by atoms with Crippen LogP contribution in [0.25, 0.3) is 17.0 Å². The molecule has 1 aromatic heterocycles. The van der Waals surface area contributed by atoms with Gasteiger partial charge in [0.25, 0.3) is 11.1 Å². The maximum atomic E-state index is 13.6. The quantitative estimate of drug-likeness (QED) is 0.289. The number of hydrogen-bond donors (Lipinski definition) is 1. The molecule has 1 atom stereocenters. The molecule has 2 aliphatic rings. The second kappa shape index (κ2) is 12.7. The van der Waals surface area contributed by atoms with E-state index >= 15 is 0 Å². The molecular formula is C31H32ClF3N4O5S. The van der Waals surface area contributed by atoms with Crippen LogP contribution in [0.15, 0.2) is 47.5 Å². The van der Waals surface area contributed by atoms with Gasteiger partial charge in [-0.25, -0.2) is 4.79 Å². The second-order valence-electron chi connectivity index (χ2n) is 12.1. The van der Waals surface area contributed by atoms with E-state index in [1.54, 1.807) is 49.9 Å². The van der Waals surface area contributed by atoms with Crippen molar-refractivity contribution < 1.29 is 37.4 Å². The molecule has 45 heavy (non-hydrogen) atoms. The number of thioether (sulfide) groups is 1. The number of carbonyl (C=O) groups is 3. The maximum Gasteiger partial charge on any atom is 0.416 e. The highest BCUT2D eigenvalue weighted by Gasteiger charge is 2.39. The first kappa shape index (κ1) is 32.8. The number of nitrogens with zero attached hydrogens (tertiary/aromatic N) is 4. The average Bonchev–Trinajstić information content (AvgIpc) is 3.47. The summed E-state index contributed by atoms with van der Waals surface area (Å²) in [5.74, 6) is -0.713. The number of rotatable bonds is 6. The summed E-state index contributed by atoms with van der Waals surface area (Å²) >= 11 is 6.57. The number of aliphatic hydroxyl groups excluding tert-OH is 1. The average molecular weight is 665 g/mol. The number of benzene rings is 2. The zero-order chi connectivity index (χ0) is 32.7. The van der Waals surface area contributed by atoms with Gasteiger partial charge in [0.1, 0.15) is 5.60 Å². The van der Waals surface area contributed by atoms with Crippen molar-refractivity contribution in [3.05, 3.63) is 69.2 Å². The van der Waals surface area contributed by atoms with Crippen LogP contribution in [0.5, 0.6) is 0 Å². The van der Waals surface area contributed by atoms with E-state index in [0.29, 0.717) is 42.4 Å². The normalized spacial score (nSPS) is 18.4. The molecule has 14 heteroatoms. The van der Waals surface area contributed by atoms with E-state index in [4.69, 9.17) is 16.3 Å². The van der Waals surface area contributed by atoms with Gasteiger partial charge in [-0.2, -0.15) is 18.3 Å². The van der Waals surface area contributed by atoms with Crippen LogP contribution in [0.4, 0.5) is 22.8 Å². The topological polar surface area (TPSA) is 105 Å². The number of ether oxygens (including phenoxy) is 1. The van der Waals surface area contributed by atoms with Crippen molar-refractivity contribution in [3.8, 4) is 0 Å². The van der Waals surface area contributed by atoms with E-state index in [0.717, 1.165) is 22.7 Å². The molecule has 0 aliphatic carbocycles. The predicted molar refractivity (Wildman–Crippen MR) is 165 cm³/mol. The molecule has 0 bridgehead atoms. The van der Waals surface area contributed by atoms with E-state index < -0.39 is 40.7 Å². The molecule has 0 spiro atoms. The Morgan fingerprint density at radius 1 is 1.16 bits per heavy atom. The Morgan fingerprint density at radius 3 is 2.53 bits per heavy atom. The molecule has 9 nitrogen and oxygen atoms in total. The van der Waals surface area contributed by atoms with Gasteiger partial charge < -0.3 is 14.7 Å². The van der Waals surface area contributed by atoms with Gasteiger partial charge in [0, 0.05) is 23.5 Å². The monoisotopic (exact) mass is 664 g/mol. The van der Waals surface area contributed by atoms with E-state index in [9.17, 15) is 32.7 Å². The highest BCUT2D eigenvalue weighted by molar-refractivity contribution is 8.18. The minimum atomic E-state index is -4.57. The number of β-amino-alcohol motifs (C(OH)–C–C–N with tert-alkyl or cyclic N) is 1. The van der Waals surface area contributed by atoms with Gasteiger partial charge in [0.15, 0.2) is 0 Å². The predicted octanol–water partition coefficient (Wildman–Crippen LogP) is 6.80. The van der Waals surface area contributed by atoms with E-state index in [2.05, 4.69) is 5.10 Å². The van der Waals surface area contributed by atoms with Gasteiger partial charge in [0.2, 0.25) is 0 Å². The van der Waals surface area contributed by atoms with Crippen LogP contribution in [0.3, 0.4) is 0 Å². The van der Waals surface area contributed by atoms with Crippen molar-refractivity contribution in [2.24, 2.45) is 5.92 Å². The Balaban J connectivity index is 1.23. The van der Waals surface area contributed by atoms with Gasteiger partial charge in [-0.1, -0.05) is 23.7 Å². The molecule has 5 rings (SSSR count). The third kappa shape index (κ3) is 7.64. The van der Waals surface area contributed by atoms with Gasteiger partial charge >= 0.3 is 12.3 Å². The van der Waals surface area contributed by atoms with E-state index in [1.165, 1.54) is 23.0 Å². The third-order valence-corrected chi connectivity index (χ3v) is 8.78. The molecule has 3 amide bonds. The van der Waals surface area contributed by atoms with Crippen LogP contribution in [0.2, 0.25) is 5.02 Å². The molecule has 2 aromatic carbocycles. The highest BCUT2D eigenvalue weighted by Crippen LogP contribution is 2.36. The number of halogens is 4. The number of aliphatic hydroxyl groups is 1. The second-order valence-corrected chi connectivity index (χ2v) is 13.5. The smallest absolute Gasteiger partial charge is 0.416 e. The Morgan fingerprint density at radius 2 is 1.87 bits per heavy atom. The third-order valence-electron chi connectivity index (χ3n) is 7.64. The Kier molecular flexibility index (Phi) is 9.25. The Bertz CT molecular complexity index is 1660. The SMILES string of the molecule is CC(C)(C)OC(=O)N1CCC(C(O)CN2C(=O)SC(=Cc3ccc4c(cnn4Cc4ccc(Cl)cc4C(F)(F)F)c3)C2=O)CC1. The summed E-state index contributed by atoms with van der Waals surface area (Å²) in [6, 6.07) is 8.72. The molecule has 3 heterocycles. The van der Waals surface area contributed by atoms with Crippen LogP contribution >= 0.6 is 23.4 Å². The minimum Gasteiger partial charge on any atom is -0.444 e. The first-order valence-corrected chi connectivity index (χ1v) is 15.5. The molecule has 0 radical (unpaired) electrons. The van der Waals surface area contributed by atoms with Crippen LogP contribution in [-0.2, 0) is 22.3 Å². The lowest BCUT2D eigenvalue weighted by atomic mass is 9.91. The van der Waals surface area contributed by atoms with Crippen molar-refractivity contribution >= 4 is 57.6 Å².